The number of hydrogen-bond donors (Lipinski definition) is 1. The van der Waals surface area contributed by atoms with Gasteiger partial charge in [-0.3, -0.25) is 4.79 Å². The number of anilines is 2. The van der Waals surface area contributed by atoms with E-state index in [1.165, 1.54) is 12.7 Å². The summed E-state index contributed by atoms with van der Waals surface area (Å²) in [5.41, 5.74) is 4.13. The summed E-state index contributed by atoms with van der Waals surface area (Å²) < 4.78 is 16.8. The highest BCUT2D eigenvalue weighted by Gasteiger charge is 2.28. The zero-order valence-corrected chi connectivity index (χ0v) is 26.6. The summed E-state index contributed by atoms with van der Waals surface area (Å²) in [6, 6.07) is 3.83. The van der Waals surface area contributed by atoms with Crippen molar-refractivity contribution in [2.24, 2.45) is 11.8 Å². The first-order valence-electron chi connectivity index (χ1n) is 15.2. The van der Waals surface area contributed by atoms with Gasteiger partial charge in [-0.05, 0) is 67.9 Å². The van der Waals surface area contributed by atoms with E-state index in [1.807, 2.05) is 43.6 Å². The number of thiazole rings is 1. The third kappa shape index (κ3) is 7.36. The van der Waals surface area contributed by atoms with Crippen LogP contribution in [0, 0.1) is 18.8 Å². The van der Waals surface area contributed by atoms with E-state index in [1.54, 1.807) is 29.7 Å². The molecule has 0 bridgehead atoms. The van der Waals surface area contributed by atoms with Gasteiger partial charge in [-0.15, -0.1) is 11.3 Å². The maximum Gasteiger partial charge on any atom is 0.337 e. The number of pyridine rings is 1. The summed E-state index contributed by atoms with van der Waals surface area (Å²) >= 11 is 1.63. The first kappa shape index (κ1) is 31.4. The Labute approximate surface area is 262 Å². The zero-order valence-electron chi connectivity index (χ0n) is 25.8. The fraction of sp³-hybridized carbons (Fsp3) is 0.412. The minimum absolute atomic E-state index is 0.265. The number of esters is 1. The number of carbonyl (C=O) groups is 2. The van der Waals surface area contributed by atoms with Crippen molar-refractivity contribution in [3.63, 3.8) is 0 Å². The highest BCUT2D eigenvalue weighted by molar-refractivity contribution is 7.10. The number of furan rings is 1. The Hall–Kier alpha value is -4.02. The molecule has 3 aromatic rings. The van der Waals surface area contributed by atoms with Gasteiger partial charge in [0.05, 0.1) is 31.2 Å². The molecule has 10 heteroatoms. The van der Waals surface area contributed by atoms with Crippen LogP contribution in [0.1, 0.15) is 65.6 Å². The number of fused-ring (bicyclic) bond motifs is 1. The number of rotatable bonds is 11. The zero-order chi connectivity index (χ0) is 31.1. The fourth-order valence-corrected chi connectivity index (χ4v) is 6.37. The van der Waals surface area contributed by atoms with E-state index in [-0.39, 0.29) is 17.8 Å². The molecule has 1 atom stereocenters. The van der Waals surface area contributed by atoms with Gasteiger partial charge in [0.2, 0.25) is 0 Å². The van der Waals surface area contributed by atoms with Crippen molar-refractivity contribution in [1.82, 2.24) is 9.97 Å². The van der Waals surface area contributed by atoms with Crippen molar-refractivity contribution in [1.29, 1.82) is 0 Å². The van der Waals surface area contributed by atoms with E-state index in [9.17, 15) is 9.59 Å². The minimum Gasteiger partial charge on any atom is -0.465 e. The van der Waals surface area contributed by atoms with Gasteiger partial charge in [0.25, 0.3) is 5.91 Å². The Morgan fingerprint density at radius 2 is 2.05 bits per heavy atom. The second kappa shape index (κ2) is 14.6. The highest BCUT2D eigenvalue weighted by Crippen LogP contribution is 2.39. The van der Waals surface area contributed by atoms with E-state index in [0.29, 0.717) is 36.2 Å². The van der Waals surface area contributed by atoms with Gasteiger partial charge >= 0.3 is 5.97 Å². The van der Waals surface area contributed by atoms with E-state index in [0.717, 1.165) is 66.5 Å². The molecule has 1 N–H and O–H groups in total. The van der Waals surface area contributed by atoms with E-state index >= 15 is 0 Å². The Kier molecular flexibility index (Phi) is 10.4. The summed E-state index contributed by atoms with van der Waals surface area (Å²) in [5, 5.41) is 5.95. The summed E-state index contributed by atoms with van der Waals surface area (Å²) in [6.45, 7) is 8.88. The predicted molar refractivity (Wildman–Crippen MR) is 174 cm³/mol. The standard InChI is InChI=1S/C34H40N4O5S/c1-5-6-7-25(34(40)41-4)12-16-42-21-24-10-14-38(15-11-24)30-9-8-26(20-36-30)37-32(39)31-23(3)28-19-27(33-35-13-17-44-33)22(2)18-29(28)43-31/h6-9,12-13,17,19-20,22,24H,5,10-11,14-16,18,21H2,1-4H3,(H,37,39). The number of aromatic nitrogens is 2. The number of nitrogens with one attached hydrogen (secondary N) is 1. The Balaban J connectivity index is 1.12. The quantitative estimate of drug-likeness (QED) is 0.110. The van der Waals surface area contributed by atoms with Crippen LogP contribution in [0.2, 0.25) is 0 Å². The summed E-state index contributed by atoms with van der Waals surface area (Å²) in [4.78, 5) is 36.4. The van der Waals surface area contributed by atoms with Gasteiger partial charge in [0.1, 0.15) is 16.6 Å². The number of amides is 1. The lowest BCUT2D eigenvalue weighted by atomic mass is 9.87. The third-order valence-corrected chi connectivity index (χ3v) is 8.97. The molecule has 0 saturated carbocycles. The van der Waals surface area contributed by atoms with Gasteiger partial charge < -0.3 is 24.1 Å². The first-order valence-corrected chi connectivity index (χ1v) is 16.0. The number of methoxy groups -OCH3 is 1. The summed E-state index contributed by atoms with van der Waals surface area (Å²) in [6.07, 6.45) is 14.7. The molecule has 2 aliphatic rings. The van der Waals surface area contributed by atoms with Gasteiger partial charge in [-0.25, -0.2) is 14.8 Å². The number of carbonyl (C=O) groups excluding carboxylic acids is 2. The van der Waals surface area contributed by atoms with Crippen LogP contribution in [0.3, 0.4) is 0 Å². The van der Waals surface area contributed by atoms with Crippen LogP contribution < -0.4 is 10.2 Å². The van der Waals surface area contributed by atoms with Crippen LogP contribution in [-0.2, 0) is 20.7 Å². The molecule has 1 aliphatic heterocycles. The van der Waals surface area contributed by atoms with E-state index < -0.39 is 0 Å². The fourth-order valence-electron chi connectivity index (χ4n) is 5.60. The maximum absolute atomic E-state index is 13.2. The molecule has 1 fully saturated rings. The van der Waals surface area contributed by atoms with E-state index in [4.69, 9.17) is 13.9 Å². The topological polar surface area (TPSA) is 107 Å². The lowest BCUT2D eigenvalue weighted by Gasteiger charge is -2.32. The van der Waals surface area contributed by atoms with Gasteiger partial charge in [-0.1, -0.05) is 26.0 Å². The Bertz CT molecular complexity index is 1530. The van der Waals surface area contributed by atoms with Crippen LogP contribution in [-0.4, -0.2) is 55.3 Å². The maximum atomic E-state index is 13.2. The molecule has 0 spiro atoms. The lowest BCUT2D eigenvalue weighted by Crippen LogP contribution is -2.35. The van der Waals surface area contributed by atoms with Crippen molar-refractivity contribution in [2.45, 2.75) is 46.5 Å². The number of nitrogens with zero attached hydrogens (tertiary/aromatic N) is 3. The number of piperidine rings is 1. The summed E-state index contributed by atoms with van der Waals surface area (Å²) in [7, 11) is 1.38. The molecule has 232 valence electrons. The molecule has 9 nitrogen and oxygen atoms in total. The number of allylic oxidation sites excluding steroid dienone is 2. The molecule has 1 amide bonds. The molecule has 1 aliphatic carbocycles. The van der Waals surface area contributed by atoms with Crippen LogP contribution in [0.4, 0.5) is 11.5 Å². The first-order chi connectivity index (χ1) is 21.4. The van der Waals surface area contributed by atoms with Crippen molar-refractivity contribution in [3.05, 3.63) is 81.4 Å². The monoisotopic (exact) mass is 616 g/mol. The largest absolute Gasteiger partial charge is 0.465 e. The molecule has 1 saturated heterocycles. The average molecular weight is 617 g/mol. The molecule has 0 radical (unpaired) electrons. The molecule has 4 heterocycles. The van der Waals surface area contributed by atoms with Crippen molar-refractivity contribution in [2.75, 3.05) is 43.6 Å². The van der Waals surface area contributed by atoms with Crippen molar-refractivity contribution < 1.29 is 23.5 Å². The second-order valence-electron chi connectivity index (χ2n) is 11.2. The normalized spacial score (nSPS) is 17.5. The summed E-state index contributed by atoms with van der Waals surface area (Å²) in [5.74, 6) is 2.14. The van der Waals surface area contributed by atoms with Crippen LogP contribution in [0.5, 0.6) is 0 Å². The molecule has 1 unspecified atom stereocenters. The molecular formula is C34H40N4O5S. The molecule has 44 heavy (non-hydrogen) atoms. The van der Waals surface area contributed by atoms with Crippen molar-refractivity contribution >= 4 is 46.4 Å². The smallest absolute Gasteiger partial charge is 0.337 e. The highest BCUT2D eigenvalue weighted by atomic mass is 32.1. The molecule has 3 aromatic heterocycles. The minimum atomic E-state index is -0.354. The van der Waals surface area contributed by atoms with Gasteiger partial charge in [0, 0.05) is 48.8 Å². The van der Waals surface area contributed by atoms with Crippen LogP contribution >= 0.6 is 11.3 Å². The third-order valence-electron chi connectivity index (χ3n) is 8.15. The van der Waals surface area contributed by atoms with Crippen LogP contribution in [0.15, 0.2) is 58.1 Å². The van der Waals surface area contributed by atoms with Gasteiger partial charge in [-0.2, -0.15) is 0 Å². The molecule has 5 rings (SSSR count). The lowest BCUT2D eigenvalue weighted by molar-refractivity contribution is -0.135. The van der Waals surface area contributed by atoms with Gasteiger partial charge in [0.15, 0.2) is 5.76 Å². The molecular weight excluding hydrogens is 576 g/mol. The second-order valence-corrected chi connectivity index (χ2v) is 12.1. The SMILES string of the molecule is CCC=CC(=CCOCC1CCN(c2ccc(NC(=O)c3oc4c(c3C)C=C(c3nccs3)C(C)C4)cn2)CC1)C(=O)OC. The Morgan fingerprint density at radius 1 is 1.23 bits per heavy atom. The number of hydrogen-bond acceptors (Lipinski definition) is 9. The molecule has 0 aromatic carbocycles. The van der Waals surface area contributed by atoms with E-state index in [2.05, 4.69) is 33.2 Å². The predicted octanol–water partition coefficient (Wildman–Crippen LogP) is 6.72. The number of ether oxygens (including phenoxy) is 2. The average Bonchev–Trinajstić information content (AvgIpc) is 3.69. The van der Waals surface area contributed by atoms with Crippen LogP contribution in [0.25, 0.3) is 11.6 Å². The van der Waals surface area contributed by atoms with Crippen molar-refractivity contribution in [3.8, 4) is 0 Å². The Morgan fingerprint density at radius 3 is 2.73 bits per heavy atom.